The van der Waals surface area contributed by atoms with Crippen molar-refractivity contribution in [3.8, 4) is 17.1 Å². The maximum Gasteiger partial charge on any atom is 0.322 e. The van der Waals surface area contributed by atoms with Crippen LogP contribution in [0.25, 0.3) is 16.3 Å². The molecule has 0 bridgehead atoms. The number of aromatic nitrogens is 3. The number of methoxy groups -OCH3 is 1. The van der Waals surface area contributed by atoms with Gasteiger partial charge in [0.05, 0.1) is 19.3 Å². The van der Waals surface area contributed by atoms with Crippen LogP contribution in [0.15, 0.2) is 42.5 Å². The van der Waals surface area contributed by atoms with Crippen molar-refractivity contribution in [1.29, 1.82) is 0 Å². The molecule has 31 heavy (non-hydrogen) atoms. The third kappa shape index (κ3) is 3.61. The Balaban J connectivity index is 1.34. The third-order valence-electron chi connectivity index (χ3n) is 5.38. The molecule has 0 aliphatic carbocycles. The molecule has 2 amide bonds. The van der Waals surface area contributed by atoms with Gasteiger partial charge in [0, 0.05) is 29.1 Å². The summed E-state index contributed by atoms with van der Waals surface area (Å²) in [5, 5.41) is 7.46. The number of amides is 2. The first-order valence-corrected chi connectivity index (χ1v) is 10.7. The quantitative estimate of drug-likeness (QED) is 0.512. The van der Waals surface area contributed by atoms with Crippen LogP contribution in [-0.2, 0) is 13.0 Å². The summed E-state index contributed by atoms with van der Waals surface area (Å²) >= 11 is 1.54. The molecule has 158 valence electrons. The number of benzene rings is 2. The summed E-state index contributed by atoms with van der Waals surface area (Å²) < 4.78 is 20.8. The number of fused-ring (bicyclic) bond motifs is 3. The second-order valence-electron chi connectivity index (χ2n) is 7.40. The SMILES string of the molecule is COc1ccc(-c2nc3sc4c(n3n2)CCN(C(=O)Nc2ccc(C)c(F)c2)C4)cc1. The van der Waals surface area contributed by atoms with Gasteiger partial charge in [0.25, 0.3) is 0 Å². The van der Waals surface area contributed by atoms with Gasteiger partial charge in [-0.3, -0.25) is 0 Å². The topological polar surface area (TPSA) is 71.8 Å². The van der Waals surface area contributed by atoms with E-state index >= 15 is 0 Å². The molecule has 4 aromatic rings. The van der Waals surface area contributed by atoms with Crippen LogP contribution >= 0.6 is 11.3 Å². The number of ether oxygens (including phenoxy) is 1. The first kappa shape index (κ1) is 19.5. The number of carbonyl (C=O) groups is 1. The van der Waals surface area contributed by atoms with Crippen molar-refractivity contribution in [2.24, 2.45) is 0 Å². The van der Waals surface area contributed by atoms with Crippen LogP contribution in [0.3, 0.4) is 0 Å². The van der Waals surface area contributed by atoms with Gasteiger partial charge in [-0.05, 0) is 48.9 Å². The highest BCUT2D eigenvalue weighted by molar-refractivity contribution is 7.17. The van der Waals surface area contributed by atoms with Crippen LogP contribution in [-0.4, -0.2) is 39.2 Å². The van der Waals surface area contributed by atoms with E-state index in [0.717, 1.165) is 26.8 Å². The Hall–Kier alpha value is -3.46. The zero-order valence-corrected chi connectivity index (χ0v) is 17.9. The van der Waals surface area contributed by atoms with E-state index in [1.54, 1.807) is 31.1 Å². The monoisotopic (exact) mass is 437 g/mol. The van der Waals surface area contributed by atoms with Crippen LogP contribution < -0.4 is 10.1 Å². The van der Waals surface area contributed by atoms with Gasteiger partial charge in [-0.15, -0.1) is 5.10 Å². The summed E-state index contributed by atoms with van der Waals surface area (Å²) in [6.07, 6.45) is 0.677. The number of nitrogens with one attached hydrogen (secondary N) is 1. The van der Waals surface area contributed by atoms with Crippen LogP contribution in [0, 0.1) is 12.7 Å². The molecule has 1 aliphatic rings. The fraction of sp³-hybridized carbons (Fsp3) is 0.227. The molecule has 0 spiro atoms. The van der Waals surface area contributed by atoms with E-state index in [4.69, 9.17) is 4.74 Å². The zero-order valence-electron chi connectivity index (χ0n) is 17.1. The van der Waals surface area contributed by atoms with Crippen molar-refractivity contribution >= 4 is 28.0 Å². The van der Waals surface area contributed by atoms with E-state index in [2.05, 4.69) is 15.4 Å². The Morgan fingerprint density at radius 1 is 1.23 bits per heavy atom. The van der Waals surface area contributed by atoms with Crippen molar-refractivity contribution in [1.82, 2.24) is 19.5 Å². The van der Waals surface area contributed by atoms with E-state index < -0.39 is 0 Å². The lowest BCUT2D eigenvalue weighted by molar-refractivity contribution is 0.206. The number of anilines is 1. The van der Waals surface area contributed by atoms with Crippen LogP contribution in [0.2, 0.25) is 0 Å². The molecule has 1 aliphatic heterocycles. The maximum atomic E-state index is 13.8. The molecule has 0 saturated carbocycles. The Labute approximate surface area is 182 Å². The molecule has 1 N–H and O–H groups in total. The Bertz CT molecular complexity index is 1280. The van der Waals surface area contributed by atoms with Gasteiger partial charge in [-0.1, -0.05) is 17.4 Å². The number of hydrogen-bond donors (Lipinski definition) is 1. The molecule has 0 saturated heterocycles. The lowest BCUT2D eigenvalue weighted by Gasteiger charge is -2.26. The number of halogens is 1. The van der Waals surface area contributed by atoms with E-state index in [9.17, 15) is 9.18 Å². The van der Waals surface area contributed by atoms with Gasteiger partial charge in [-0.25, -0.2) is 13.7 Å². The normalized spacial score (nSPS) is 13.3. The number of urea groups is 1. The first-order chi connectivity index (χ1) is 15.0. The van der Waals surface area contributed by atoms with Gasteiger partial charge in [0.2, 0.25) is 4.96 Å². The summed E-state index contributed by atoms with van der Waals surface area (Å²) in [7, 11) is 1.63. The molecule has 0 fully saturated rings. The number of carbonyl (C=O) groups excluding carboxylic acids is 1. The molecule has 0 atom stereocenters. The minimum Gasteiger partial charge on any atom is -0.497 e. The highest BCUT2D eigenvalue weighted by Gasteiger charge is 2.26. The zero-order chi connectivity index (χ0) is 21.5. The molecule has 2 aromatic carbocycles. The first-order valence-electron chi connectivity index (χ1n) is 9.85. The Kier molecular flexibility index (Phi) is 4.82. The van der Waals surface area contributed by atoms with E-state index in [-0.39, 0.29) is 11.8 Å². The van der Waals surface area contributed by atoms with E-state index in [1.165, 1.54) is 17.4 Å². The van der Waals surface area contributed by atoms with Crippen LogP contribution in [0.5, 0.6) is 5.75 Å². The van der Waals surface area contributed by atoms with Crippen molar-refractivity contribution in [3.63, 3.8) is 0 Å². The van der Waals surface area contributed by atoms with Crippen LogP contribution in [0.4, 0.5) is 14.9 Å². The Morgan fingerprint density at radius 3 is 2.77 bits per heavy atom. The average Bonchev–Trinajstić information content (AvgIpc) is 3.34. The van der Waals surface area contributed by atoms with E-state index in [1.807, 2.05) is 28.8 Å². The number of nitrogens with zero attached hydrogens (tertiary/aromatic N) is 4. The summed E-state index contributed by atoms with van der Waals surface area (Å²) in [6.45, 7) is 2.72. The molecule has 7 nitrogen and oxygen atoms in total. The molecule has 3 heterocycles. The third-order valence-corrected chi connectivity index (χ3v) is 6.44. The van der Waals surface area contributed by atoms with Crippen molar-refractivity contribution in [2.75, 3.05) is 19.0 Å². The molecule has 2 aromatic heterocycles. The number of thiazole rings is 1. The number of aryl methyl sites for hydroxylation is 1. The molecular formula is C22H20FN5O2S. The summed E-state index contributed by atoms with van der Waals surface area (Å²) in [6, 6.07) is 12.1. The standard InChI is InChI=1S/C22H20FN5O2S/c1-13-3-6-15(11-17(13)23)24-21(29)27-10-9-18-19(12-27)31-22-25-20(26-28(18)22)14-4-7-16(30-2)8-5-14/h3-8,11H,9-10,12H2,1-2H3,(H,24,29). The van der Waals surface area contributed by atoms with Crippen LogP contribution in [0.1, 0.15) is 16.1 Å². The molecule has 5 rings (SSSR count). The minimum atomic E-state index is -0.336. The van der Waals surface area contributed by atoms with E-state index in [0.29, 0.717) is 36.6 Å². The summed E-state index contributed by atoms with van der Waals surface area (Å²) in [5.41, 5.74) is 3.00. The summed E-state index contributed by atoms with van der Waals surface area (Å²) in [5.74, 6) is 1.11. The Morgan fingerprint density at radius 2 is 2.03 bits per heavy atom. The second kappa shape index (κ2) is 7.66. The fourth-order valence-corrected chi connectivity index (χ4v) is 4.71. The summed E-state index contributed by atoms with van der Waals surface area (Å²) in [4.78, 5) is 20.9. The van der Waals surface area contributed by atoms with Gasteiger partial charge < -0.3 is 15.0 Å². The van der Waals surface area contributed by atoms with Gasteiger partial charge in [0.1, 0.15) is 11.6 Å². The smallest absolute Gasteiger partial charge is 0.322 e. The highest BCUT2D eigenvalue weighted by atomic mass is 32.1. The number of hydrogen-bond acceptors (Lipinski definition) is 5. The molecule has 0 radical (unpaired) electrons. The minimum absolute atomic E-state index is 0.244. The molecule has 0 unspecified atom stereocenters. The predicted octanol–water partition coefficient (Wildman–Crippen LogP) is 4.50. The predicted molar refractivity (Wildman–Crippen MR) is 117 cm³/mol. The average molecular weight is 438 g/mol. The number of rotatable bonds is 3. The van der Waals surface area contributed by atoms with Crippen molar-refractivity contribution in [3.05, 3.63) is 64.4 Å². The highest BCUT2D eigenvalue weighted by Crippen LogP contribution is 2.30. The maximum absolute atomic E-state index is 13.8. The molecular weight excluding hydrogens is 417 g/mol. The second-order valence-corrected chi connectivity index (χ2v) is 8.46. The lowest BCUT2D eigenvalue weighted by Crippen LogP contribution is -2.38. The van der Waals surface area contributed by atoms with Crippen molar-refractivity contribution < 1.29 is 13.9 Å². The fourth-order valence-electron chi connectivity index (χ4n) is 3.60. The van der Waals surface area contributed by atoms with Gasteiger partial charge >= 0.3 is 6.03 Å². The lowest BCUT2D eigenvalue weighted by atomic mass is 10.2. The van der Waals surface area contributed by atoms with Gasteiger partial charge in [0.15, 0.2) is 5.82 Å². The molecule has 9 heteroatoms. The largest absolute Gasteiger partial charge is 0.497 e. The van der Waals surface area contributed by atoms with Crippen molar-refractivity contribution in [2.45, 2.75) is 19.9 Å². The van der Waals surface area contributed by atoms with Gasteiger partial charge in [-0.2, -0.15) is 4.98 Å².